The third kappa shape index (κ3) is 4.68. The summed E-state index contributed by atoms with van der Waals surface area (Å²) in [5, 5.41) is 4.48. The fourth-order valence-electron chi connectivity index (χ4n) is 3.96. The van der Waals surface area contributed by atoms with Gasteiger partial charge in [-0.1, -0.05) is 68.4 Å². The van der Waals surface area contributed by atoms with Gasteiger partial charge in [0.15, 0.2) is 0 Å². The molecule has 0 aliphatic heterocycles. The molecule has 1 unspecified atom stereocenters. The van der Waals surface area contributed by atoms with Gasteiger partial charge >= 0.3 is 0 Å². The Morgan fingerprint density at radius 1 is 0.964 bits per heavy atom. The van der Waals surface area contributed by atoms with Crippen molar-refractivity contribution in [1.82, 2.24) is 10.3 Å². The molecule has 0 spiro atoms. The Bertz CT molecular complexity index is 839. The SMILES string of the molecule is CNCC(C=O)Cc1c(C(C)(C)C)[nH]c2cc(C(C)(C)C)cc(C(C)(C)C)c12. The number of H-pyrrole nitrogens is 1. The fourth-order valence-corrected chi connectivity index (χ4v) is 3.96. The van der Waals surface area contributed by atoms with E-state index in [-0.39, 0.29) is 22.2 Å². The van der Waals surface area contributed by atoms with Crippen LogP contribution in [0.5, 0.6) is 0 Å². The van der Waals surface area contributed by atoms with E-state index in [1.54, 1.807) is 0 Å². The molecule has 0 fully saturated rings. The Labute approximate surface area is 171 Å². The molecule has 0 amide bonds. The number of aldehydes is 1. The van der Waals surface area contributed by atoms with Crippen LogP contribution in [0.25, 0.3) is 10.9 Å². The molecule has 1 heterocycles. The molecule has 1 atom stereocenters. The Morgan fingerprint density at radius 3 is 2.00 bits per heavy atom. The van der Waals surface area contributed by atoms with Gasteiger partial charge in [-0.2, -0.15) is 0 Å². The second kappa shape index (κ2) is 7.67. The molecule has 2 N–H and O–H groups in total. The zero-order valence-corrected chi connectivity index (χ0v) is 19.6. The Kier molecular flexibility index (Phi) is 6.21. The second-order valence-electron chi connectivity index (χ2n) is 11.3. The monoisotopic (exact) mass is 384 g/mol. The number of benzene rings is 1. The first kappa shape index (κ1) is 22.7. The highest BCUT2D eigenvalue weighted by Gasteiger charge is 2.30. The number of carbonyl (C=O) groups is 1. The maximum Gasteiger partial charge on any atom is 0.124 e. The van der Waals surface area contributed by atoms with Gasteiger partial charge in [-0.05, 0) is 47.1 Å². The third-order valence-corrected chi connectivity index (χ3v) is 5.55. The average Bonchev–Trinajstić information content (AvgIpc) is 2.90. The number of rotatable bonds is 5. The van der Waals surface area contributed by atoms with Crippen LogP contribution in [0, 0.1) is 5.92 Å². The van der Waals surface area contributed by atoms with E-state index in [1.165, 1.54) is 33.3 Å². The van der Waals surface area contributed by atoms with Crippen LogP contribution in [0.3, 0.4) is 0 Å². The molecule has 2 aromatic rings. The summed E-state index contributed by atoms with van der Waals surface area (Å²) in [4.78, 5) is 15.5. The number of carbonyl (C=O) groups excluding carboxylic acids is 1. The highest BCUT2D eigenvalue weighted by atomic mass is 16.1. The summed E-state index contributed by atoms with van der Waals surface area (Å²) in [5.41, 5.74) is 6.56. The van der Waals surface area contributed by atoms with Crippen LogP contribution in [0.1, 0.15) is 84.7 Å². The maximum atomic E-state index is 11.7. The van der Waals surface area contributed by atoms with Crippen molar-refractivity contribution in [2.75, 3.05) is 13.6 Å². The molecule has 1 aromatic heterocycles. The fraction of sp³-hybridized carbons (Fsp3) is 0.640. The van der Waals surface area contributed by atoms with Crippen LogP contribution in [0.15, 0.2) is 12.1 Å². The number of aromatic amines is 1. The summed E-state index contributed by atoms with van der Waals surface area (Å²) in [6, 6.07) is 4.71. The van der Waals surface area contributed by atoms with Crippen LogP contribution >= 0.6 is 0 Å². The first-order valence-electron chi connectivity index (χ1n) is 10.5. The molecule has 156 valence electrons. The van der Waals surface area contributed by atoms with E-state index in [9.17, 15) is 4.79 Å². The zero-order chi connectivity index (χ0) is 21.5. The quantitative estimate of drug-likeness (QED) is 0.656. The van der Waals surface area contributed by atoms with Crippen LogP contribution in [-0.2, 0) is 27.5 Å². The molecular formula is C25H40N2O. The van der Waals surface area contributed by atoms with Gasteiger partial charge in [-0.25, -0.2) is 0 Å². The van der Waals surface area contributed by atoms with Crippen molar-refractivity contribution in [2.24, 2.45) is 5.92 Å². The predicted molar refractivity (Wildman–Crippen MR) is 122 cm³/mol. The maximum absolute atomic E-state index is 11.7. The molecule has 3 nitrogen and oxygen atoms in total. The second-order valence-corrected chi connectivity index (χ2v) is 11.3. The van der Waals surface area contributed by atoms with Gasteiger partial charge in [0.05, 0.1) is 0 Å². The molecule has 28 heavy (non-hydrogen) atoms. The van der Waals surface area contributed by atoms with Crippen molar-refractivity contribution in [3.8, 4) is 0 Å². The molecule has 2 rings (SSSR count). The summed E-state index contributed by atoms with van der Waals surface area (Å²) in [6.45, 7) is 21.1. The van der Waals surface area contributed by atoms with E-state index in [4.69, 9.17) is 0 Å². The van der Waals surface area contributed by atoms with Crippen LogP contribution in [0.4, 0.5) is 0 Å². The summed E-state index contributed by atoms with van der Waals surface area (Å²) in [7, 11) is 1.91. The van der Waals surface area contributed by atoms with Gasteiger partial charge in [-0.15, -0.1) is 0 Å². The molecule has 0 bridgehead atoms. The van der Waals surface area contributed by atoms with E-state index in [1.807, 2.05) is 7.05 Å². The Hall–Kier alpha value is -1.61. The van der Waals surface area contributed by atoms with Crippen LogP contribution < -0.4 is 5.32 Å². The van der Waals surface area contributed by atoms with Gasteiger partial charge in [0, 0.05) is 34.5 Å². The van der Waals surface area contributed by atoms with Crippen molar-refractivity contribution in [2.45, 2.75) is 85.0 Å². The standard InChI is InChI=1S/C25H40N2O/c1-23(2,3)17-12-19(24(4,5)6)21-18(11-16(15-28)14-26-10)22(25(7,8)9)27-20(21)13-17/h12-13,15-16,26-27H,11,14H2,1-10H3. The van der Waals surface area contributed by atoms with E-state index >= 15 is 0 Å². The Morgan fingerprint density at radius 2 is 1.57 bits per heavy atom. The number of fused-ring (bicyclic) bond motifs is 1. The lowest BCUT2D eigenvalue weighted by Crippen LogP contribution is -2.24. The van der Waals surface area contributed by atoms with Gasteiger partial charge in [0.1, 0.15) is 6.29 Å². The third-order valence-electron chi connectivity index (χ3n) is 5.55. The van der Waals surface area contributed by atoms with Crippen LogP contribution in [0.2, 0.25) is 0 Å². The summed E-state index contributed by atoms with van der Waals surface area (Å²) < 4.78 is 0. The van der Waals surface area contributed by atoms with Crippen molar-refractivity contribution in [1.29, 1.82) is 0 Å². The van der Waals surface area contributed by atoms with E-state index in [2.05, 4.69) is 84.7 Å². The minimum atomic E-state index is -0.0276. The lowest BCUT2D eigenvalue weighted by atomic mass is 9.77. The van der Waals surface area contributed by atoms with Gasteiger partial charge in [0.2, 0.25) is 0 Å². The highest BCUT2D eigenvalue weighted by Crippen LogP contribution is 2.41. The summed E-state index contributed by atoms with van der Waals surface area (Å²) in [5.74, 6) is -0.0276. The van der Waals surface area contributed by atoms with Crippen molar-refractivity contribution < 1.29 is 4.79 Å². The predicted octanol–water partition coefficient (Wildman–Crippen LogP) is 5.64. The molecule has 0 saturated carbocycles. The molecule has 0 radical (unpaired) electrons. The smallest absolute Gasteiger partial charge is 0.124 e. The number of aromatic nitrogens is 1. The number of hydrogen-bond acceptors (Lipinski definition) is 2. The molecule has 0 aliphatic carbocycles. The van der Waals surface area contributed by atoms with Crippen LogP contribution in [-0.4, -0.2) is 24.9 Å². The lowest BCUT2D eigenvalue weighted by Gasteiger charge is -2.27. The van der Waals surface area contributed by atoms with Gasteiger partial charge in [-0.3, -0.25) is 0 Å². The Balaban J connectivity index is 2.89. The minimum Gasteiger partial charge on any atom is -0.358 e. The molecule has 0 aliphatic rings. The largest absolute Gasteiger partial charge is 0.358 e. The summed E-state index contributed by atoms with van der Waals surface area (Å²) >= 11 is 0. The van der Waals surface area contributed by atoms with E-state index < -0.39 is 0 Å². The molecular weight excluding hydrogens is 344 g/mol. The molecule has 0 saturated heterocycles. The molecule has 3 heteroatoms. The average molecular weight is 385 g/mol. The van der Waals surface area contributed by atoms with Crippen molar-refractivity contribution >= 4 is 17.2 Å². The van der Waals surface area contributed by atoms with Gasteiger partial charge < -0.3 is 15.1 Å². The van der Waals surface area contributed by atoms with Gasteiger partial charge in [0.25, 0.3) is 0 Å². The first-order valence-corrected chi connectivity index (χ1v) is 10.5. The van der Waals surface area contributed by atoms with E-state index in [0.29, 0.717) is 6.54 Å². The lowest BCUT2D eigenvalue weighted by molar-refractivity contribution is -0.110. The van der Waals surface area contributed by atoms with E-state index in [0.717, 1.165) is 12.7 Å². The summed E-state index contributed by atoms with van der Waals surface area (Å²) in [6.07, 6.45) is 1.86. The zero-order valence-electron chi connectivity index (χ0n) is 19.6. The van der Waals surface area contributed by atoms with Crippen molar-refractivity contribution in [3.05, 3.63) is 34.5 Å². The number of nitrogens with one attached hydrogen (secondary N) is 2. The van der Waals surface area contributed by atoms with Crippen molar-refractivity contribution in [3.63, 3.8) is 0 Å². The normalized spacial score (nSPS) is 14.5. The first-order chi connectivity index (χ1) is 12.7. The minimum absolute atomic E-state index is 0.0154. The molecule has 1 aromatic carbocycles. The number of hydrogen-bond donors (Lipinski definition) is 2. The topological polar surface area (TPSA) is 44.9 Å². The highest BCUT2D eigenvalue weighted by molar-refractivity contribution is 5.90.